The lowest BCUT2D eigenvalue weighted by Crippen LogP contribution is -2.39. The molecule has 1 saturated heterocycles. The van der Waals surface area contributed by atoms with E-state index in [-0.39, 0.29) is 30.1 Å². The van der Waals surface area contributed by atoms with Crippen LogP contribution in [0.25, 0.3) is 0 Å². The number of hydrogen-bond acceptors (Lipinski definition) is 2. The number of nitrogens with zero attached hydrogens (tertiary/aromatic N) is 2. The van der Waals surface area contributed by atoms with E-state index in [0.29, 0.717) is 0 Å². The molecule has 0 amide bonds. The van der Waals surface area contributed by atoms with Crippen LogP contribution in [-0.2, 0) is 11.3 Å². The van der Waals surface area contributed by atoms with Gasteiger partial charge in [-0.1, -0.05) is 23.7 Å². The summed E-state index contributed by atoms with van der Waals surface area (Å²) in [6.07, 6.45) is 2.54. The van der Waals surface area contributed by atoms with Gasteiger partial charge in [-0.05, 0) is 37.5 Å². The van der Waals surface area contributed by atoms with Crippen LogP contribution in [0.3, 0.4) is 0 Å². The Labute approximate surface area is 155 Å². The first kappa shape index (κ1) is 19.5. The van der Waals surface area contributed by atoms with E-state index in [1.165, 1.54) is 5.56 Å². The predicted octanol–water partition coefficient (Wildman–Crippen LogP) is 3.53. The van der Waals surface area contributed by atoms with Crippen molar-refractivity contribution < 1.29 is 4.74 Å². The molecule has 1 unspecified atom stereocenters. The molecule has 1 aromatic carbocycles. The molecular formula is C16H25ClIN3O. The number of guanidine groups is 1. The van der Waals surface area contributed by atoms with Crippen LogP contribution in [0.4, 0.5) is 0 Å². The highest BCUT2D eigenvalue weighted by Crippen LogP contribution is 2.13. The zero-order valence-electron chi connectivity index (χ0n) is 13.2. The molecule has 0 bridgehead atoms. The molecule has 1 N–H and O–H groups in total. The van der Waals surface area contributed by atoms with Gasteiger partial charge in [-0.25, -0.2) is 0 Å². The van der Waals surface area contributed by atoms with Gasteiger partial charge in [-0.2, -0.15) is 0 Å². The molecule has 0 aromatic heterocycles. The maximum absolute atomic E-state index is 6.04. The lowest BCUT2D eigenvalue weighted by Gasteiger charge is -2.22. The van der Waals surface area contributed by atoms with Crippen LogP contribution in [0.15, 0.2) is 29.3 Å². The Balaban J connectivity index is 0.00000242. The predicted molar refractivity (Wildman–Crippen MR) is 103 cm³/mol. The molecule has 0 saturated carbocycles. The van der Waals surface area contributed by atoms with Gasteiger partial charge < -0.3 is 15.0 Å². The van der Waals surface area contributed by atoms with Crippen LogP contribution in [0.5, 0.6) is 0 Å². The summed E-state index contributed by atoms with van der Waals surface area (Å²) in [7, 11) is 2.04. The Bertz CT molecular complexity index is 478. The van der Waals surface area contributed by atoms with Gasteiger partial charge in [-0.15, -0.1) is 24.0 Å². The van der Waals surface area contributed by atoms with Crippen molar-refractivity contribution in [2.24, 2.45) is 4.99 Å². The molecule has 4 nitrogen and oxygen atoms in total. The third-order valence-electron chi connectivity index (χ3n) is 3.47. The monoisotopic (exact) mass is 437 g/mol. The topological polar surface area (TPSA) is 36.9 Å². The Morgan fingerprint density at radius 3 is 2.95 bits per heavy atom. The van der Waals surface area contributed by atoms with Crippen molar-refractivity contribution in [1.82, 2.24) is 10.2 Å². The highest BCUT2D eigenvalue weighted by Gasteiger charge is 2.15. The van der Waals surface area contributed by atoms with Crippen LogP contribution < -0.4 is 5.32 Å². The van der Waals surface area contributed by atoms with Crippen LogP contribution in [0.2, 0.25) is 5.02 Å². The summed E-state index contributed by atoms with van der Waals surface area (Å²) in [6, 6.07) is 7.93. The van der Waals surface area contributed by atoms with E-state index in [0.717, 1.165) is 50.1 Å². The number of halogens is 2. The fourth-order valence-electron chi connectivity index (χ4n) is 2.43. The van der Waals surface area contributed by atoms with Gasteiger partial charge >= 0.3 is 0 Å². The van der Waals surface area contributed by atoms with Gasteiger partial charge in [0.2, 0.25) is 0 Å². The number of ether oxygens (including phenoxy) is 1. The molecule has 6 heteroatoms. The minimum absolute atomic E-state index is 0. The minimum Gasteiger partial charge on any atom is -0.376 e. The van der Waals surface area contributed by atoms with Gasteiger partial charge in [0, 0.05) is 31.8 Å². The number of hydrogen-bond donors (Lipinski definition) is 1. The summed E-state index contributed by atoms with van der Waals surface area (Å²) >= 11 is 6.04. The average molecular weight is 438 g/mol. The van der Waals surface area contributed by atoms with Crippen molar-refractivity contribution in [1.29, 1.82) is 0 Å². The molecular weight excluding hydrogens is 413 g/mol. The van der Waals surface area contributed by atoms with Crippen LogP contribution in [-0.4, -0.2) is 43.7 Å². The second-order valence-electron chi connectivity index (χ2n) is 5.32. The number of rotatable bonds is 5. The minimum atomic E-state index is 0. The van der Waals surface area contributed by atoms with Crippen molar-refractivity contribution in [3.8, 4) is 0 Å². The van der Waals surface area contributed by atoms with E-state index in [1.54, 1.807) is 0 Å². The summed E-state index contributed by atoms with van der Waals surface area (Å²) in [6.45, 7) is 5.30. The summed E-state index contributed by atoms with van der Waals surface area (Å²) in [5, 5.41) is 4.09. The summed E-state index contributed by atoms with van der Waals surface area (Å²) < 4.78 is 5.62. The molecule has 1 aromatic rings. The number of aliphatic imine (C=N–C) groups is 1. The van der Waals surface area contributed by atoms with Gasteiger partial charge in [0.1, 0.15) is 0 Å². The molecule has 2 rings (SSSR count). The Morgan fingerprint density at radius 2 is 2.32 bits per heavy atom. The summed E-state index contributed by atoms with van der Waals surface area (Å²) in [4.78, 5) is 6.80. The zero-order valence-corrected chi connectivity index (χ0v) is 16.3. The second kappa shape index (κ2) is 10.3. The van der Waals surface area contributed by atoms with E-state index >= 15 is 0 Å². The van der Waals surface area contributed by atoms with Crippen LogP contribution >= 0.6 is 35.6 Å². The van der Waals surface area contributed by atoms with Crippen molar-refractivity contribution in [3.63, 3.8) is 0 Å². The molecule has 1 fully saturated rings. The van der Waals surface area contributed by atoms with Gasteiger partial charge in [0.05, 0.1) is 12.6 Å². The lowest BCUT2D eigenvalue weighted by molar-refractivity contribution is 0.117. The molecule has 1 aliphatic rings. The second-order valence-corrected chi connectivity index (χ2v) is 5.75. The third-order valence-corrected chi connectivity index (χ3v) is 3.71. The Morgan fingerprint density at radius 1 is 1.50 bits per heavy atom. The van der Waals surface area contributed by atoms with Gasteiger partial charge in [0.25, 0.3) is 0 Å². The van der Waals surface area contributed by atoms with Crippen molar-refractivity contribution >= 4 is 41.5 Å². The molecule has 0 spiro atoms. The lowest BCUT2D eigenvalue weighted by atomic mass is 10.2. The molecule has 124 valence electrons. The van der Waals surface area contributed by atoms with E-state index in [9.17, 15) is 0 Å². The first-order valence-corrected chi connectivity index (χ1v) is 7.92. The Hall–Kier alpha value is -0.530. The van der Waals surface area contributed by atoms with E-state index < -0.39 is 0 Å². The van der Waals surface area contributed by atoms with Gasteiger partial charge in [-0.3, -0.25) is 4.99 Å². The fourth-order valence-corrected chi connectivity index (χ4v) is 2.64. The molecule has 0 radical (unpaired) electrons. The highest BCUT2D eigenvalue weighted by atomic mass is 127. The summed E-state index contributed by atoms with van der Waals surface area (Å²) in [5.41, 5.74) is 1.17. The normalized spacial score (nSPS) is 18.0. The Kier molecular flexibility index (Phi) is 9.12. The molecule has 0 aliphatic carbocycles. The van der Waals surface area contributed by atoms with Crippen molar-refractivity contribution in [2.45, 2.75) is 32.4 Å². The van der Waals surface area contributed by atoms with Crippen LogP contribution in [0.1, 0.15) is 25.3 Å². The van der Waals surface area contributed by atoms with E-state index in [1.807, 2.05) is 25.2 Å². The van der Waals surface area contributed by atoms with Crippen LogP contribution in [0, 0.1) is 0 Å². The third kappa shape index (κ3) is 6.30. The van der Waals surface area contributed by atoms with E-state index in [4.69, 9.17) is 16.3 Å². The first-order valence-electron chi connectivity index (χ1n) is 7.54. The molecule has 1 aliphatic heterocycles. The molecule has 1 atom stereocenters. The number of benzene rings is 1. The standard InChI is InChI=1S/C16H24ClN3O.HI/c1-3-18-16(19-11-15-8-5-9-21-15)20(2)12-13-6-4-7-14(17)10-13;/h4,6-7,10,15H,3,5,8-9,11-12H2,1-2H3,(H,18,19);1H. The maximum Gasteiger partial charge on any atom is 0.194 e. The quantitative estimate of drug-likeness (QED) is 0.435. The SMILES string of the molecule is CCNC(=NCC1CCCO1)N(C)Cc1cccc(Cl)c1.I. The number of nitrogens with one attached hydrogen (secondary N) is 1. The average Bonchev–Trinajstić information content (AvgIpc) is 2.96. The fraction of sp³-hybridized carbons (Fsp3) is 0.562. The van der Waals surface area contributed by atoms with Gasteiger partial charge in [0.15, 0.2) is 5.96 Å². The van der Waals surface area contributed by atoms with E-state index in [2.05, 4.69) is 28.2 Å². The van der Waals surface area contributed by atoms with Crippen molar-refractivity contribution in [3.05, 3.63) is 34.9 Å². The molecule has 22 heavy (non-hydrogen) atoms. The maximum atomic E-state index is 6.04. The summed E-state index contributed by atoms with van der Waals surface area (Å²) in [5.74, 6) is 0.910. The first-order chi connectivity index (χ1) is 10.2. The molecule has 1 heterocycles. The largest absolute Gasteiger partial charge is 0.376 e. The zero-order chi connectivity index (χ0) is 15.1. The van der Waals surface area contributed by atoms with Crippen molar-refractivity contribution in [2.75, 3.05) is 26.7 Å². The highest BCUT2D eigenvalue weighted by molar-refractivity contribution is 14.0. The smallest absolute Gasteiger partial charge is 0.194 e.